The molecule has 0 bridgehead atoms. The summed E-state index contributed by atoms with van der Waals surface area (Å²) in [6.45, 7) is 3.75. The van der Waals surface area contributed by atoms with Crippen molar-refractivity contribution in [2.75, 3.05) is 14.2 Å². The van der Waals surface area contributed by atoms with E-state index in [0.717, 1.165) is 11.1 Å². The molecular weight excluding hydrogens is 168 g/mol. The van der Waals surface area contributed by atoms with Crippen LogP contribution in [-0.4, -0.2) is 19.3 Å². The molecule has 0 aliphatic carbocycles. The van der Waals surface area contributed by atoms with Crippen LogP contribution < -0.4 is 9.47 Å². The van der Waals surface area contributed by atoms with E-state index in [1.807, 2.05) is 19.9 Å². The Morgan fingerprint density at radius 3 is 2.23 bits per heavy atom. The number of methoxy groups -OCH3 is 2. The number of aromatic hydroxyl groups is 1. The molecule has 1 aromatic rings. The first-order chi connectivity index (χ1) is 6.11. The number of hydrogen-bond donors (Lipinski definition) is 1. The number of phenolic OH excluding ortho intramolecular Hbond substituents is 1. The molecule has 0 fully saturated rings. The Hall–Kier alpha value is -1.38. The number of aryl methyl sites for hydroxylation is 1. The maximum atomic E-state index is 9.69. The summed E-state index contributed by atoms with van der Waals surface area (Å²) in [7, 11) is 3.05. The molecule has 0 radical (unpaired) electrons. The van der Waals surface area contributed by atoms with E-state index in [1.165, 1.54) is 7.11 Å². The summed E-state index contributed by atoms with van der Waals surface area (Å²) in [5.41, 5.74) is 1.80. The van der Waals surface area contributed by atoms with Crippen LogP contribution in [0.2, 0.25) is 0 Å². The van der Waals surface area contributed by atoms with Gasteiger partial charge in [0.25, 0.3) is 0 Å². The summed E-state index contributed by atoms with van der Waals surface area (Å²) in [5.74, 6) is 1.10. The summed E-state index contributed by atoms with van der Waals surface area (Å²) in [6, 6.07) is 1.84. The molecule has 0 saturated heterocycles. The topological polar surface area (TPSA) is 38.7 Å². The molecule has 1 N–H and O–H groups in total. The van der Waals surface area contributed by atoms with Gasteiger partial charge in [0.05, 0.1) is 14.2 Å². The molecule has 13 heavy (non-hydrogen) atoms. The predicted octanol–water partition coefficient (Wildman–Crippen LogP) is 2.03. The monoisotopic (exact) mass is 182 g/mol. The van der Waals surface area contributed by atoms with Gasteiger partial charge in [-0.25, -0.2) is 0 Å². The van der Waals surface area contributed by atoms with Gasteiger partial charge in [0.1, 0.15) is 0 Å². The minimum Gasteiger partial charge on any atom is -0.504 e. The highest BCUT2D eigenvalue weighted by Crippen LogP contribution is 2.40. The van der Waals surface area contributed by atoms with Crippen LogP contribution in [0.5, 0.6) is 17.2 Å². The van der Waals surface area contributed by atoms with Gasteiger partial charge in [-0.1, -0.05) is 0 Å². The maximum absolute atomic E-state index is 9.69. The molecule has 1 aromatic carbocycles. The van der Waals surface area contributed by atoms with Gasteiger partial charge in [-0.3, -0.25) is 0 Å². The molecule has 0 unspecified atom stereocenters. The molecule has 72 valence electrons. The first-order valence-electron chi connectivity index (χ1n) is 4.03. The van der Waals surface area contributed by atoms with E-state index < -0.39 is 0 Å². The second-order valence-corrected chi connectivity index (χ2v) is 2.90. The van der Waals surface area contributed by atoms with Gasteiger partial charge in [-0.05, 0) is 31.0 Å². The minimum atomic E-state index is 0.152. The molecule has 0 aliphatic rings. The Kier molecular flexibility index (Phi) is 2.66. The Morgan fingerprint density at radius 2 is 1.77 bits per heavy atom. The van der Waals surface area contributed by atoms with E-state index in [2.05, 4.69) is 0 Å². The van der Waals surface area contributed by atoms with E-state index in [1.54, 1.807) is 7.11 Å². The highest BCUT2D eigenvalue weighted by molar-refractivity contribution is 5.57. The van der Waals surface area contributed by atoms with Crippen molar-refractivity contribution in [3.05, 3.63) is 17.2 Å². The molecule has 0 saturated carbocycles. The van der Waals surface area contributed by atoms with Crippen LogP contribution >= 0.6 is 0 Å². The molecule has 0 spiro atoms. The van der Waals surface area contributed by atoms with Gasteiger partial charge >= 0.3 is 0 Å². The van der Waals surface area contributed by atoms with Gasteiger partial charge < -0.3 is 14.6 Å². The Labute approximate surface area is 77.9 Å². The molecule has 0 aliphatic heterocycles. The molecule has 3 nitrogen and oxygen atoms in total. The Morgan fingerprint density at radius 1 is 1.15 bits per heavy atom. The van der Waals surface area contributed by atoms with Gasteiger partial charge in [-0.2, -0.15) is 0 Å². The standard InChI is InChI=1S/C10H14O3/c1-6-5-8(12-3)10(13-4)9(11)7(6)2/h5,11H,1-4H3. The third-order valence-electron chi connectivity index (χ3n) is 2.16. The largest absolute Gasteiger partial charge is 0.504 e. The van der Waals surface area contributed by atoms with Gasteiger partial charge in [-0.15, -0.1) is 0 Å². The van der Waals surface area contributed by atoms with Crippen molar-refractivity contribution in [3.63, 3.8) is 0 Å². The molecule has 0 amide bonds. The highest BCUT2D eigenvalue weighted by Gasteiger charge is 2.13. The average molecular weight is 182 g/mol. The normalized spacial score (nSPS) is 9.85. The summed E-state index contributed by atoms with van der Waals surface area (Å²) in [6.07, 6.45) is 0. The predicted molar refractivity (Wildman–Crippen MR) is 50.7 cm³/mol. The first kappa shape index (κ1) is 9.71. The maximum Gasteiger partial charge on any atom is 0.203 e. The molecule has 0 atom stereocenters. The summed E-state index contributed by atoms with van der Waals surface area (Å²) in [5, 5.41) is 9.69. The smallest absolute Gasteiger partial charge is 0.203 e. The lowest BCUT2D eigenvalue weighted by Gasteiger charge is -2.12. The van der Waals surface area contributed by atoms with Gasteiger partial charge in [0.15, 0.2) is 11.5 Å². The minimum absolute atomic E-state index is 0.152. The molecule has 1 rings (SSSR count). The van der Waals surface area contributed by atoms with E-state index in [0.29, 0.717) is 11.5 Å². The van der Waals surface area contributed by atoms with Crippen molar-refractivity contribution >= 4 is 0 Å². The SMILES string of the molecule is COc1cc(C)c(C)c(O)c1OC. The van der Waals surface area contributed by atoms with Crippen LogP contribution in [-0.2, 0) is 0 Å². The van der Waals surface area contributed by atoms with Crippen molar-refractivity contribution in [3.8, 4) is 17.2 Å². The van der Waals surface area contributed by atoms with E-state index in [-0.39, 0.29) is 5.75 Å². The average Bonchev–Trinajstić information content (AvgIpc) is 2.13. The molecule has 3 heteroatoms. The molecule has 0 aromatic heterocycles. The van der Waals surface area contributed by atoms with Crippen LogP contribution in [0.3, 0.4) is 0 Å². The van der Waals surface area contributed by atoms with Crippen molar-refractivity contribution in [2.45, 2.75) is 13.8 Å². The third kappa shape index (κ3) is 1.54. The summed E-state index contributed by atoms with van der Waals surface area (Å²) in [4.78, 5) is 0. The lowest BCUT2D eigenvalue weighted by Crippen LogP contribution is -1.94. The zero-order chi connectivity index (χ0) is 10.0. The van der Waals surface area contributed by atoms with Gasteiger partial charge in [0.2, 0.25) is 5.75 Å². The van der Waals surface area contributed by atoms with Crippen LogP contribution in [0.25, 0.3) is 0 Å². The van der Waals surface area contributed by atoms with Gasteiger partial charge in [0, 0.05) is 0 Å². The zero-order valence-corrected chi connectivity index (χ0v) is 8.34. The summed E-state index contributed by atoms with van der Waals surface area (Å²) >= 11 is 0. The quantitative estimate of drug-likeness (QED) is 0.760. The number of hydrogen-bond acceptors (Lipinski definition) is 3. The van der Waals surface area contributed by atoms with Crippen molar-refractivity contribution in [1.82, 2.24) is 0 Å². The van der Waals surface area contributed by atoms with E-state index in [9.17, 15) is 5.11 Å². The second kappa shape index (κ2) is 3.56. The highest BCUT2D eigenvalue weighted by atomic mass is 16.5. The molecule has 0 heterocycles. The van der Waals surface area contributed by atoms with Crippen LogP contribution in [0.4, 0.5) is 0 Å². The van der Waals surface area contributed by atoms with E-state index in [4.69, 9.17) is 9.47 Å². The number of benzene rings is 1. The second-order valence-electron chi connectivity index (χ2n) is 2.90. The number of phenols is 1. The Bertz CT molecular complexity index is 318. The van der Waals surface area contributed by atoms with E-state index >= 15 is 0 Å². The van der Waals surface area contributed by atoms with Crippen molar-refractivity contribution in [1.29, 1.82) is 0 Å². The fourth-order valence-electron chi connectivity index (χ4n) is 1.19. The zero-order valence-electron chi connectivity index (χ0n) is 8.34. The lowest BCUT2D eigenvalue weighted by molar-refractivity contribution is 0.331. The first-order valence-corrected chi connectivity index (χ1v) is 4.03. The van der Waals surface area contributed by atoms with Crippen molar-refractivity contribution in [2.24, 2.45) is 0 Å². The number of rotatable bonds is 2. The van der Waals surface area contributed by atoms with Crippen molar-refractivity contribution < 1.29 is 14.6 Å². The third-order valence-corrected chi connectivity index (χ3v) is 2.16. The Balaban J connectivity index is 3.39. The van der Waals surface area contributed by atoms with Crippen LogP contribution in [0, 0.1) is 13.8 Å². The fraction of sp³-hybridized carbons (Fsp3) is 0.400. The lowest BCUT2D eigenvalue weighted by atomic mass is 10.1. The van der Waals surface area contributed by atoms with Crippen LogP contribution in [0.15, 0.2) is 6.07 Å². The number of ether oxygens (including phenoxy) is 2. The summed E-state index contributed by atoms with van der Waals surface area (Å²) < 4.78 is 10.1. The van der Waals surface area contributed by atoms with Crippen LogP contribution in [0.1, 0.15) is 11.1 Å². The molecular formula is C10H14O3. The fourth-order valence-corrected chi connectivity index (χ4v) is 1.19.